The molecule has 12 heteroatoms. The normalized spacial score (nSPS) is 11.3. The molecule has 0 radical (unpaired) electrons. The van der Waals surface area contributed by atoms with Crippen molar-refractivity contribution in [3.8, 4) is 16.2 Å². The van der Waals surface area contributed by atoms with Crippen LogP contribution in [-0.4, -0.2) is 32.6 Å². The van der Waals surface area contributed by atoms with E-state index in [4.69, 9.17) is 23.2 Å². The maximum atomic E-state index is 12.5. The molecule has 3 heterocycles. The molecule has 1 aromatic carbocycles. The predicted molar refractivity (Wildman–Crippen MR) is 139 cm³/mol. The van der Waals surface area contributed by atoms with Gasteiger partial charge < -0.3 is 10.4 Å². The Balaban J connectivity index is 1.40. The number of benzene rings is 1. The summed E-state index contributed by atoms with van der Waals surface area (Å²) in [4.78, 5) is 34.1. The number of aromatic hydroxyl groups is 1. The van der Waals surface area contributed by atoms with E-state index in [0.717, 1.165) is 11.3 Å². The molecule has 0 aliphatic heterocycles. The Labute approximate surface area is 218 Å². The largest absolute Gasteiger partial charge is 0.506 e. The van der Waals surface area contributed by atoms with Gasteiger partial charge in [-0.25, -0.2) is 15.4 Å². The maximum absolute atomic E-state index is 12.5. The van der Waals surface area contributed by atoms with Crippen molar-refractivity contribution >= 4 is 63.4 Å². The Morgan fingerprint density at radius 2 is 1.86 bits per heavy atom. The first-order valence-electron chi connectivity index (χ1n) is 10.1. The third-order valence-corrected chi connectivity index (χ3v) is 7.63. The van der Waals surface area contributed by atoms with Crippen molar-refractivity contribution in [1.29, 1.82) is 0 Å². The van der Waals surface area contributed by atoms with Gasteiger partial charge in [-0.1, -0.05) is 29.3 Å². The fraction of sp³-hybridized carbons (Fsp3) is 0.0870. The quantitative estimate of drug-likeness (QED) is 0.213. The first-order chi connectivity index (χ1) is 16.8. The second-order valence-corrected chi connectivity index (χ2v) is 9.92. The minimum Gasteiger partial charge on any atom is -0.506 e. The number of halogens is 2. The summed E-state index contributed by atoms with van der Waals surface area (Å²) >= 11 is 14.4. The lowest BCUT2D eigenvalue weighted by molar-refractivity contribution is 0.0949. The molecule has 2 amide bonds. The fourth-order valence-electron chi connectivity index (χ4n) is 2.96. The highest BCUT2D eigenvalue weighted by molar-refractivity contribution is 7.16. The van der Waals surface area contributed by atoms with Crippen molar-refractivity contribution in [3.63, 3.8) is 0 Å². The number of carbonyl (C=O) groups excluding carboxylic acids is 2. The monoisotopic (exact) mass is 545 g/mol. The summed E-state index contributed by atoms with van der Waals surface area (Å²) in [7, 11) is 0. The Kier molecular flexibility index (Phi) is 7.76. The molecule has 0 unspecified atom stereocenters. The number of nitrogens with zero attached hydrogens (tertiary/aromatic N) is 3. The zero-order valence-electron chi connectivity index (χ0n) is 18.1. The van der Waals surface area contributed by atoms with Gasteiger partial charge in [-0.15, -0.1) is 22.7 Å². The number of nitrogens with one attached hydrogen (secondary N) is 2. The molecule has 4 aromatic rings. The highest BCUT2D eigenvalue weighted by atomic mass is 35.5. The number of thiophene rings is 2. The third-order valence-electron chi connectivity index (χ3n) is 4.79. The van der Waals surface area contributed by atoms with Gasteiger partial charge in [0.15, 0.2) is 0 Å². The van der Waals surface area contributed by atoms with E-state index in [1.54, 1.807) is 54.9 Å². The van der Waals surface area contributed by atoms with Crippen LogP contribution in [-0.2, 0) is 6.54 Å². The Hall–Kier alpha value is -3.31. The molecular formula is C23H17Cl2N5O3S2. The number of carbonyl (C=O) groups is 2. The number of hydrogen-bond acceptors (Lipinski definition) is 8. The second-order valence-electron chi connectivity index (χ2n) is 7.14. The molecule has 0 aliphatic rings. The van der Waals surface area contributed by atoms with Gasteiger partial charge in [-0.05, 0) is 42.8 Å². The van der Waals surface area contributed by atoms with Crippen molar-refractivity contribution in [2.75, 3.05) is 0 Å². The van der Waals surface area contributed by atoms with Gasteiger partial charge in [0.1, 0.15) is 12.1 Å². The molecule has 0 aliphatic carbocycles. The minimum absolute atomic E-state index is 0.0302. The van der Waals surface area contributed by atoms with E-state index in [1.807, 2.05) is 0 Å². The van der Waals surface area contributed by atoms with Gasteiger partial charge in [0, 0.05) is 11.6 Å². The summed E-state index contributed by atoms with van der Waals surface area (Å²) in [6.07, 6.45) is 3.00. The SMILES string of the molecule is CC(=NNC(=O)c1ccc(C(=O)NCc2ccncn2)s1)c1csc(-c2ccc(Cl)c(Cl)c2)c1O. The highest BCUT2D eigenvalue weighted by Gasteiger charge is 2.17. The molecule has 0 saturated heterocycles. The molecule has 0 saturated carbocycles. The molecule has 4 rings (SSSR count). The van der Waals surface area contributed by atoms with E-state index in [2.05, 4.69) is 25.8 Å². The molecule has 0 spiro atoms. The molecule has 0 atom stereocenters. The van der Waals surface area contributed by atoms with Crippen molar-refractivity contribution in [2.45, 2.75) is 13.5 Å². The summed E-state index contributed by atoms with van der Waals surface area (Å²) in [6, 6.07) is 9.91. The van der Waals surface area contributed by atoms with Crippen molar-refractivity contribution in [2.24, 2.45) is 5.10 Å². The molecule has 3 N–H and O–H groups in total. The van der Waals surface area contributed by atoms with Crippen LogP contribution in [0.25, 0.3) is 10.4 Å². The maximum Gasteiger partial charge on any atom is 0.281 e. The summed E-state index contributed by atoms with van der Waals surface area (Å²) in [5.41, 5.74) is 4.75. The first-order valence-corrected chi connectivity index (χ1v) is 12.5. The molecular weight excluding hydrogens is 529 g/mol. The number of hydrogen-bond donors (Lipinski definition) is 3. The van der Waals surface area contributed by atoms with Crippen LogP contribution in [0.2, 0.25) is 10.0 Å². The van der Waals surface area contributed by atoms with E-state index in [1.165, 1.54) is 17.7 Å². The number of amides is 2. The van der Waals surface area contributed by atoms with Crippen LogP contribution in [0, 0.1) is 0 Å². The van der Waals surface area contributed by atoms with Crippen LogP contribution in [0.1, 0.15) is 37.5 Å². The molecule has 0 bridgehead atoms. The van der Waals surface area contributed by atoms with Gasteiger partial charge in [-0.3, -0.25) is 9.59 Å². The standard InChI is InChI=1S/C23H17Cl2N5O3S2/c1-12(15-10-34-21(20(15)31)13-2-3-16(24)17(25)8-13)29-30-23(33)19-5-4-18(35-19)22(32)27-9-14-6-7-26-11-28-14/h2-8,10-11,31H,9H2,1H3,(H,27,32)(H,30,33). The fourth-order valence-corrected chi connectivity index (χ4v) is 5.08. The van der Waals surface area contributed by atoms with E-state index < -0.39 is 5.91 Å². The zero-order valence-corrected chi connectivity index (χ0v) is 21.2. The first kappa shape index (κ1) is 24.8. The molecule has 178 valence electrons. The van der Waals surface area contributed by atoms with Crippen LogP contribution in [0.4, 0.5) is 0 Å². The average Bonchev–Trinajstić information content (AvgIpc) is 3.51. The van der Waals surface area contributed by atoms with Crippen LogP contribution >= 0.6 is 45.9 Å². The van der Waals surface area contributed by atoms with Crippen LogP contribution in [0.5, 0.6) is 5.75 Å². The topological polar surface area (TPSA) is 117 Å². The lowest BCUT2D eigenvalue weighted by Crippen LogP contribution is -2.22. The second kappa shape index (κ2) is 11.0. The Morgan fingerprint density at radius 1 is 1.09 bits per heavy atom. The highest BCUT2D eigenvalue weighted by Crippen LogP contribution is 2.40. The zero-order chi connectivity index (χ0) is 24.9. The Morgan fingerprint density at radius 3 is 2.57 bits per heavy atom. The molecule has 8 nitrogen and oxygen atoms in total. The van der Waals surface area contributed by atoms with E-state index >= 15 is 0 Å². The van der Waals surface area contributed by atoms with E-state index in [0.29, 0.717) is 47.2 Å². The number of rotatable bonds is 7. The molecule has 35 heavy (non-hydrogen) atoms. The van der Waals surface area contributed by atoms with Crippen molar-refractivity contribution in [3.05, 3.63) is 85.4 Å². The summed E-state index contributed by atoms with van der Waals surface area (Å²) < 4.78 is 0. The van der Waals surface area contributed by atoms with Crippen LogP contribution in [0.15, 0.2) is 59.4 Å². The van der Waals surface area contributed by atoms with Gasteiger partial charge in [0.25, 0.3) is 11.8 Å². The van der Waals surface area contributed by atoms with E-state index in [9.17, 15) is 14.7 Å². The van der Waals surface area contributed by atoms with Gasteiger partial charge >= 0.3 is 0 Å². The lowest BCUT2D eigenvalue weighted by atomic mass is 10.1. The predicted octanol–water partition coefficient (Wildman–Crippen LogP) is 5.36. The molecule has 3 aromatic heterocycles. The lowest BCUT2D eigenvalue weighted by Gasteiger charge is -2.04. The summed E-state index contributed by atoms with van der Waals surface area (Å²) in [5, 5.41) is 20.1. The van der Waals surface area contributed by atoms with Crippen LogP contribution in [0.3, 0.4) is 0 Å². The van der Waals surface area contributed by atoms with Gasteiger partial charge in [0.05, 0.1) is 48.2 Å². The third kappa shape index (κ3) is 5.85. The summed E-state index contributed by atoms with van der Waals surface area (Å²) in [5.74, 6) is -0.753. The number of aromatic nitrogens is 2. The van der Waals surface area contributed by atoms with Crippen molar-refractivity contribution < 1.29 is 14.7 Å². The van der Waals surface area contributed by atoms with Gasteiger partial charge in [-0.2, -0.15) is 5.10 Å². The smallest absolute Gasteiger partial charge is 0.281 e. The van der Waals surface area contributed by atoms with Crippen molar-refractivity contribution in [1.82, 2.24) is 20.7 Å². The van der Waals surface area contributed by atoms with Crippen LogP contribution < -0.4 is 10.7 Å². The Bertz CT molecular complexity index is 1420. The summed E-state index contributed by atoms with van der Waals surface area (Å²) in [6.45, 7) is 1.92. The average molecular weight is 546 g/mol. The number of hydrazone groups is 1. The van der Waals surface area contributed by atoms with E-state index in [-0.39, 0.29) is 18.2 Å². The van der Waals surface area contributed by atoms with Gasteiger partial charge in [0.2, 0.25) is 0 Å². The molecule has 0 fully saturated rings. The minimum atomic E-state index is -0.469.